The number of carbonyl (C=O) groups excluding carboxylic acids is 1. The minimum atomic E-state index is -0.439. The number of carbonyl (C=O) groups is 1. The Morgan fingerprint density at radius 2 is 1.91 bits per heavy atom. The Labute approximate surface area is 135 Å². The zero-order valence-electron chi connectivity index (χ0n) is 12.5. The first kappa shape index (κ1) is 16.8. The first-order valence-corrected chi connectivity index (χ1v) is 7.97. The van der Waals surface area contributed by atoms with Gasteiger partial charge in [0, 0.05) is 12.6 Å². The Morgan fingerprint density at radius 1 is 1.23 bits per heavy atom. The topological polar surface area (TPSA) is 133 Å². The van der Waals surface area contributed by atoms with E-state index in [0.717, 1.165) is 6.42 Å². The van der Waals surface area contributed by atoms with Gasteiger partial charge in [0.05, 0.1) is 0 Å². The van der Waals surface area contributed by atoms with Gasteiger partial charge in [-0.15, -0.1) is 0 Å². The van der Waals surface area contributed by atoms with Crippen molar-refractivity contribution in [3.8, 4) is 0 Å². The van der Waals surface area contributed by atoms with Gasteiger partial charge in [0.25, 0.3) is 5.91 Å². The maximum absolute atomic E-state index is 12.1. The highest BCUT2D eigenvalue weighted by Gasteiger charge is 2.19. The van der Waals surface area contributed by atoms with Crippen molar-refractivity contribution in [1.82, 2.24) is 15.3 Å². The molecule has 1 aromatic heterocycles. The van der Waals surface area contributed by atoms with E-state index >= 15 is 0 Å². The van der Waals surface area contributed by atoms with Crippen LogP contribution in [-0.2, 0) is 0 Å². The van der Waals surface area contributed by atoms with E-state index < -0.39 is 5.91 Å². The van der Waals surface area contributed by atoms with Crippen LogP contribution in [0.2, 0.25) is 5.15 Å². The molecule has 1 fully saturated rings. The van der Waals surface area contributed by atoms with Gasteiger partial charge in [0.1, 0.15) is 0 Å². The van der Waals surface area contributed by atoms with Crippen LogP contribution < -0.4 is 22.5 Å². The molecule has 2 rings (SSSR count). The van der Waals surface area contributed by atoms with Crippen LogP contribution in [0, 0.1) is 5.92 Å². The molecular weight excluding hydrogens is 304 g/mol. The Balaban J connectivity index is 1.85. The Morgan fingerprint density at radius 3 is 2.59 bits per heavy atom. The van der Waals surface area contributed by atoms with E-state index in [1.165, 1.54) is 32.1 Å². The number of amides is 1. The lowest BCUT2D eigenvalue weighted by atomic mass is 9.85. The number of halogens is 1. The fourth-order valence-corrected chi connectivity index (χ4v) is 2.98. The number of hydrogen-bond donors (Lipinski definition) is 4. The average molecular weight is 327 g/mol. The van der Waals surface area contributed by atoms with E-state index in [-0.39, 0.29) is 28.5 Å². The van der Waals surface area contributed by atoms with Crippen molar-refractivity contribution in [3.63, 3.8) is 0 Å². The number of hydrogen-bond acceptors (Lipinski definition) is 6. The summed E-state index contributed by atoms with van der Waals surface area (Å²) in [6, 6.07) is -0.0783. The lowest BCUT2D eigenvalue weighted by molar-refractivity contribution is 0.0945. The summed E-state index contributed by atoms with van der Waals surface area (Å²) in [4.78, 5) is 19.7. The SMILES string of the molecule is Nc1nc(N)c(C(=O)NC[C@@H](N)CC2CCCCC2)nc1Cl. The second kappa shape index (κ2) is 7.60. The first-order valence-electron chi connectivity index (χ1n) is 7.59. The summed E-state index contributed by atoms with van der Waals surface area (Å²) in [5, 5.41) is 2.69. The number of nitrogen functional groups attached to an aromatic ring is 2. The van der Waals surface area contributed by atoms with Crippen LogP contribution in [0.15, 0.2) is 0 Å². The number of rotatable bonds is 5. The van der Waals surface area contributed by atoms with Crippen LogP contribution in [0.5, 0.6) is 0 Å². The smallest absolute Gasteiger partial charge is 0.273 e. The Bertz CT molecular complexity index is 532. The molecule has 0 aliphatic heterocycles. The number of nitrogens with one attached hydrogen (secondary N) is 1. The molecule has 1 amide bonds. The molecule has 0 bridgehead atoms. The fourth-order valence-electron chi connectivity index (χ4n) is 2.85. The molecule has 1 saturated carbocycles. The zero-order valence-corrected chi connectivity index (χ0v) is 13.3. The normalized spacial score (nSPS) is 17.2. The molecule has 1 aliphatic rings. The van der Waals surface area contributed by atoms with Crippen LogP contribution in [0.4, 0.5) is 11.6 Å². The summed E-state index contributed by atoms with van der Waals surface area (Å²) >= 11 is 5.76. The van der Waals surface area contributed by atoms with Crippen molar-refractivity contribution in [1.29, 1.82) is 0 Å². The Hall–Kier alpha value is -1.60. The van der Waals surface area contributed by atoms with Gasteiger partial charge in [0.15, 0.2) is 22.5 Å². The highest BCUT2D eigenvalue weighted by molar-refractivity contribution is 6.31. The third-order valence-corrected chi connectivity index (χ3v) is 4.28. The molecule has 7 N–H and O–H groups in total. The van der Waals surface area contributed by atoms with Crippen molar-refractivity contribution in [2.75, 3.05) is 18.0 Å². The van der Waals surface area contributed by atoms with Crippen molar-refractivity contribution >= 4 is 29.1 Å². The summed E-state index contributed by atoms with van der Waals surface area (Å²) in [5.74, 6) is 0.187. The summed E-state index contributed by atoms with van der Waals surface area (Å²) in [5.41, 5.74) is 17.2. The molecule has 122 valence electrons. The third kappa shape index (κ3) is 4.45. The third-order valence-electron chi connectivity index (χ3n) is 4.01. The lowest BCUT2D eigenvalue weighted by Crippen LogP contribution is -2.39. The van der Waals surface area contributed by atoms with E-state index in [1.807, 2.05) is 0 Å². The van der Waals surface area contributed by atoms with E-state index in [0.29, 0.717) is 12.5 Å². The minimum absolute atomic E-state index is 0.00437. The predicted octanol–water partition coefficient (Wildman–Crippen LogP) is 1.32. The van der Waals surface area contributed by atoms with Crippen molar-refractivity contribution < 1.29 is 4.79 Å². The van der Waals surface area contributed by atoms with Gasteiger partial charge in [-0.3, -0.25) is 4.79 Å². The van der Waals surface area contributed by atoms with Gasteiger partial charge >= 0.3 is 0 Å². The lowest BCUT2D eigenvalue weighted by Gasteiger charge is -2.24. The van der Waals surface area contributed by atoms with Crippen molar-refractivity contribution in [3.05, 3.63) is 10.8 Å². The summed E-state index contributed by atoms with van der Waals surface area (Å²) in [7, 11) is 0. The molecule has 0 unspecified atom stereocenters. The van der Waals surface area contributed by atoms with Gasteiger partial charge in [-0.1, -0.05) is 43.7 Å². The van der Waals surface area contributed by atoms with Gasteiger partial charge in [-0.25, -0.2) is 9.97 Å². The van der Waals surface area contributed by atoms with Crippen LogP contribution in [0.1, 0.15) is 49.0 Å². The van der Waals surface area contributed by atoms with Crippen molar-refractivity contribution in [2.45, 2.75) is 44.6 Å². The predicted molar refractivity (Wildman–Crippen MR) is 87.4 cm³/mol. The van der Waals surface area contributed by atoms with Crippen LogP contribution in [-0.4, -0.2) is 28.5 Å². The number of aromatic nitrogens is 2. The summed E-state index contributed by atoms with van der Waals surface area (Å²) in [6.07, 6.45) is 7.25. The van der Waals surface area contributed by atoms with Gasteiger partial charge in [-0.05, 0) is 12.3 Å². The van der Waals surface area contributed by atoms with Gasteiger partial charge in [0.2, 0.25) is 0 Å². The molecule has 7 nitrogen and oxygen atoms in total. The summed E-state index contributed by atoms with van der Waals surface area (Å²) in [6.45, 7) is 0.373. The quantitative estimate of drug-likeness (QED) is 0.645. The molecule has 0 aromatic carbocycles. The molecule has 0 saturated heterocycles. The monoisotopic (exact) mass is 326 g/mol. The highest BCUT2D eigenvalue weighted by Crippen LogP contribution is 2.26. The number of nitrogens with two attached hydrogens (primary N) is 3. The zero-order chi connectivity index (χ0) is 16.1. The number of anilines is 2. The highest BCUT2D eigenvalue weighted by atomic mass is 35.5. The van der Waals surface area contributed by atoms with Crippen LogP contribution in [0.25, 0.3) is 0 Å². The molecule has 8 heteroatoms. The summed E-state index contributed by atoms with van der Waals surface area (Å²) < 4.78 is 0. The Kier molecular flexibility index (Phi) is 5.79. The second-order valence-electron chi connectivity index (χ2n) is 5.84. The van der Waals surface area contributed by atoms with E-state index in [2.05, 4.69) is 15.3 Å². The minimum Gasteiger partial charge on any atom is -0.382 e. The molecule has 0 radical (unpaired) electrons. The standard InChI is InChI=1S/C14H23ClN6O/c15-11-13(18)21-12(17)10(20-11)14(22)19-7-9(16)6-8-4-2-1-3-5-8/h8-9H,1-7,16H2,(H,19,22)(H4,17,18,21)/t9-/m0/s1. The molecule has 1 aliphatic carbocycles. The fraction of sp³-hybridized carbons (Fsp3) is 0.643. The first-order chi connectivity index (χ1) is 10.5. The average Bonchev–Trinajstić information content (AvgIpc) is 2.49. The van der Waals surface area contributed by atoms with Crippen LogP contribution >= 0.6 is 11.6 Å². The van der Waals surface area contributed by atoms with Gasteiger partial charge in [-0.2, -0.15) is 0 Å². The molecule has 1 heterocycles. The molecule has 22 heavy (non-hydrogen) atoms. The van der Waals surface area contributed by atoms with Crippen molar-refractivity contribution in [2.24, 2.45) is 11.7 Å². The van der Waals surface area contributed by atoms with Gasteiger partial charge < -0.3 is 22.5 Å². The second-order valence-corrected chi connectivity index (χ2v) is 6.20. The van der Waals surface area contributed by atoms with E-state index in [1.54, 1.807) is 0 Å². The van der Waals surface area contributed by atoms with Crippen LogP contribution in [0.3, 0.4) is 0 Å². The molecular formula is C14H23ClN6O. The maximum atomic E-state index is 12.1. The van der Waals surface area contributed by atoms with E-state index in [9.17, 15) is 4.79 Å². The maximum Gasteiger partial charge on any atom is 0.273 e. The molecule has 1 atom stereocenters. The molecule has 0 spiro atoms. The van der Waals surface area contributed by atoms with E-state index in [4.69, 9.17) is 28.8 Å². The number of nitrogens with zero attached hydrogens (tertiary/aromatic N) is 2. The largest absolute Gasteiger partial charge is 0.382 e. The molecule has 1 aromatic rings.